The van der Waals surface area contributed by atoms with Crippen LogP contribution in [0.1, 0.15) is 17.7 Å². The van der Waals surface area contributed by atoms with Crippen molar-refractivity contribution in [3.05, 3.63) is 17.5 Å². The second kappa shape index (κ2) is 4.11. The Kier molecular flexibility index (Phi) is 3.20. The normalized spacial score (nSPS) is 11.9. The molecule has 0 aromatic carbocycles. The molecular weight excluding hydrogens is 235 g/mol. The first kappa shape index (κ1) is 12.5. The van der Waals surface area contributed by atoms with Crippen LogP contribution in [0.25, 0.3) is 0 Å². The van der Waals surface area contributed by atoms with Gasteiger partial charge in [-0.3, -0.25) is 0 Å². The van der Waals surface area contributed by atoms with E-state index in [-0.39, 0.29) is 0 Å². The first-order valence-corrected chi connectivity index (χ1v) is 3.96. The van der Waals surface area contributed by atoms with E-state index in [9.17, 15) is 22.0 Å². The van der Waals surface area contributed by atoms with E-state index in [0.717, 1.165) is 7.11 Å². The maximum Gasteiger partial charge on any atom is 0.422 e. The number of pyridine rings is 1. The van der Waals surface area contributed by atoms with E-state index in [1.165, 1.54) is 0 Å². The zero-order valence-electron chi connectivity index (χ0n) is 7.98. The number of anilines is 1. The summed E-state index contributed by atoms with van der Waals surface area (Å²) in [6.45, 7) is 0. The molecule has 8 heteroatoms. The molecule has 0 aliphatic carbocycles. The first-order chi connectivity index (χ1) is 7.29. The van der Waals surface area contributed by atoms with Crippen LogP contribution in [0.15, 0.2) is 6.20 Å². The molecule has 0 spiro atoms. The van der Waals surface area contributed by atoms with Crippen LogP contribution in [0.3, 0.4) is 0 Å². The van der Waals surface area contributed by atoms with Gasteiger partial charge in [-0.1, -0.05) is 0 Å². The molecule has 16 heavy (non-hydrogen) atoms. The summed E-state index contributed by atoms with van der Waals surface area (Å²) >= 11 is 0. The van der Waals surface area contributed by atoms with Crippen LogP contribution in [-0.4, -0.2) is 12.1 Å². The minimum atomic E-state index is -4.87. The van der Waals surface area contributed by atoms with Crippen molar-refractivity contribution in [2.75, 3.05) is 12.8 Å². The highest BCUT2D eigenvalue weighted by atomic mass is 19.4. The summed E-state index contributed by atoms with van der Waals surface area (Å²) in [5.74, 6) is -1.04. The van der Waals surface area contributed by atoms with Gasteiger partial charge in [-0.2, -0.15) is 13.2 Å². The molecule has 0 atom stereocenters. The minimum Gasteiger partial charge on any atom is -0.494 e. The molecule has 0 aliphatic heterocycles. The number of hydrogen-bond acceptors (Lipinski definition) is 3. The Hall–Kier alpha value is -1.60. The van der Waals surface area contributed by atoms with E-state index in [2.05, 4.69) is 9.72 Å². The average Bonchev–Trinajstić information content (AvgIpc) is 2.14. The Balaban J connectivity index is 3.51. The van der Waals surface area contributed by atoms with Crippen LogP contribution in [0.2, 0.25) is 0 Å². The predicted molar refractivity (Wildman–Crippen MR) is 45.2 cm³/mol. The maximum atomic E-state index is 12.5. The standard InChI is InChI=1S/C8H7F5N2O/c1-16-6-4(8(11,12)13)3(14)2-15-5(6)7(9)10/h2,7H,14H2,1H3. The quantitative estimate of drug-likeness (QED) is 0.811. The minimum absolute atomic E-state index is 0.535. The summed E-state index contributed by atoms with van der Waals surface area (Å²) in [6.07, 6.45) is -7.51. The summed E-state index contributed by atoms with van der Waals surface area (Å²) in [6, 6.07) is 0. The fraction of sp³-hybridized carbons (Fsp3) is 0.375. The van der Waals surface area contributed by atoms with Crippen molar-refractivity contribution in [3.63, 3.8) is 0 Å². The smallest absolute Gasteiger partial charge is 0.422 e. The van der Waals surface area contributed by atoms with E-state index in [1.54, 1.807) is 0 Å². The van der Waals surface area contributed by atoms with E-state index < -0.39 is 35.3 Å². The molecule has 1 rings (SSSR count). The number of nitrogens with zero attached hydrogens (tertiary/aromatic N) is 1. The number of alkyl halides is 5. The second-order valence-corrected chi connectivity index (χ2v) is 2.81. The first-order valence-electron chi connectivity index (χ1n) is 3.96. The summed E-state index contributed by atoms with van der Waals surface area (Å²) in [7, 11) is 0.845. The molecule has 0 saturated heterocycles. The summed E-state index contributed by atoms with van der Waals surface area (Å²) in [5, 5.41) is 0. The van der Waals surface area contributed by atoms with Gasteiger partial charge in [-0.25, -0.2) is 13.8 Å². The van der Waals surface area contributed by atoms with Gasteiger partial charge in [-0.05, 0) is 0 Å². The van der Waals surface area contributed by atoms with Gasteiger partial charge in [0.05, 0.1) is 19.0 Å². The third-order valence-electron chi connectivity index (χ3n) is 1.79. The summed E-state index contributed by atoms with van der Waals surface area (Å²) < 4.78 is 66.6. The lowest BCUT2D eigenvalue weighted by molar-refractivity contribution is -0.138. The number of hydrogen-bond donors (Lipinski definition) is 1. The highest BCUT2D eigenvalue weighted by molar-refractivity contribution is 5.56. The lowest BCUT2D eigenvalue weighted by Crippen LogP contribution is -2.14. The van der Waals surface area contributed by atoms with Crippen molar-refractivity contribution < 1.29 is 26.7 Å². The lowest BCUT2D eigenvalue weighted by atomic mass is 10.1. The van der Waals surface area contributed by atoms with Crippen molar-refractivity contribution >= 4 is 5.69 Å². The molecule has 0 fully saturated rings. The van der Waals surface area contributed by atoms with E-state index >= 15 is 0 Å². The van der Waals surface area contributed by atoms with Crippen LogP contribution in [-0.2, 0) is 6.18 Å². The van der Waals surface area contributed by atoms with Crippen LogP contribution in [0.4, 0.5) is 27.6 Å². The number of halogens is 5. The average molecular weight is 242 g/mol. The second-order valence-electron chi connectivity index (χ2n) is 2.81. The molecule has 0 aliphatic rings. The number of ether oxygens (including phenoxy) is 1. The van der Waals surface area contributed by atoms with Crippen molar-refractivity contribution in [3.8, 4) is 5.75 Å². The molecule has 2 N–H and O–H groups in total. The van der Waals surface area contributed by atoms with Gasteiger partial charge in [0.25, 0.3) is 6.43 Å². The molecule has 3 nitrogen and oxygen atoms in total. The zero-order valence-corrected chi connectivity index (χ0v) is 7.98. The Bertz CT molecular complexity index is 391. The SMILES string of the molecule is COc1c(C(F)F)ncc(N)c1C(F)(F)F. The van der Waals surface area contributed by atoms with Crippen molar-refractivity contribution in [1.82, 2.24) is 4.98 Å². The van der Waals surface area contributed by atoms with Gasteiger partial charge in [0, 0.05) is 0 Å². The Morgan fingerprint density at radius 1 is 1.38 bits per heavy atom. The predicted octanol–water partition coefficient (Wildman–Crippen LogP) is 2.63. The van der Waals surface area contributed by atoms with Gasteiger partial charge < -0.3 is 10.5 Å². The Morgan fingerprint density at radius 3 is 2.31 bits per heavy atom. The van der Waals surface area contributed by atoms with Crippen LogP contribution >= 0.6 is 0 Å². The van der Waals surface area contributed by atoms with Crippen LogP contribution in [0.5, 0.6) is 5.75 Å². The molecule has 0 amide bonds. The zero-order chi connectivity index (χ0) is 12.5. The van der Waals surface area contributed by atoms with E-state index in [1.807, 2.05) is 0 Å². The fourth-order valence-corrected chi connectivity index (χ4v) is 1.18. The fourth-order valence-electron chi connectivity index (χ4n) is 1.18. The number of methoxy groups -OCH3 is 1. The molecule has 1 aromatic heterocycles. The highest BCUT2D eigenvalue weighted by Crippen LogP contribution is 2.43. The van der Waals surface area contributed by atoms with Gasteiger partial charge >= 0.3 is 6.18 Å². The molecule has 0 saturated carbocycles. The molecule has 1 aromatic rings. The summed E-state index contributed by atoms with van der Waals surface area (Å²) in [4.78, 5) is 3.12. The van der Waals surface area contributed by atoms with Crippen LogP contribution < -0.4 is 10.5 Å². The maximum absolute atomic E-state index is 12.5. The molecule has 90 valence electrons. The largest absolute Gasteiger partial charge is 0.494 e. The van der Waals surface area contributed by atoms with Gasteiger partial charge in [0.15, 0.2) is 5.75 Å². The van der Waals surface area contributed by atoms with Crippen molar-refractivity contribution in [2.24, 2.45) is 0 Å². The van der Waals surface area contributed by atoms with Crippen LogP contribution in [0, 0.1) is 0 Å². The molecular formula is C8H7F5N2O. The monoisotopic (exact) mass is 242 g/mol. The van der Waals surface area contributed by atoms with Crippen molar-refractivity contribution in [2.45, 2.75) is 12.6 Å². The molecule has 0 unspecified atom stereocenters. The number of aromatic nitrogens is 1. The Labute approximate surface area is 87.0 Å². The topological polar surface area (TPSA) is 48.1 Å². The lowest BCUT2D eigenvalue weighted by Gasteiger charge is -2.16. The van der Waals surface area contributed by atoms with Gasteiger partial charge in [-0.15, -0.1) is 0 Å². The number of nitrogen functional groups attached to an aromatic ring is 1. The molecule has 0 bridgehead atoms. The third kappa shape index (κ3) is 2.15. The van der Waals surface area contributed by atoms with E-state index in [0.29, 0.717) is 6.20 Å². The Morgan fingerprint density at radius 2 is 1.94 bits per heavy atom. The molecule has 0 radical (unpaired) electrons. The molecule has 1 heterocycles. The highest BCUT2D eigenvalue weighted by Gasteiger charge is 2.39. The van der Waals surface area contributed by atoms with Gasteiger partial charge in [0.2, 0.25) is 0 Å². The third-order valence-corrected chi connectivity index (χ3v) is 1.79. The van der Waals surface area contributed by atoms with Crippen molar-refractivity contribution in [1.29, 1.82) is 0 Å². The number of nitrogens with two attached hydrogens (primary N) is 1. The number of rotatable bonds is 2. The van der Waals surface area contributed by atoms with Gasteiger partial charge in [0.1, 0.15) is 11.3 Å². The van der Waals surface area contributed by atoms with E-state index in [4.69, 9.17) is 5.73 Å². The summed E-state index contributed by atoms with van der Waals surface area (Å²) in [5.41, 5.74) is 1.78.